The number of para-hydroxylation sites is 1. The Morgan fingerprint density at radius 1 is 1.18 bits per heavy atom. The SMILES string of the molecule is CCCN(CC(=O)Nc1ccccc1C)C(=O)COC(=O)c1ccc(Cl)nc1. The molecule has 2 aromatic rings. The van der Waals surface area contributed by atoms with Crippen LogP contribution in [0.3, 0.4) is 0 Å². The molecule has 0 saturated carbocycles. The Morgan fingerprint density at radius 3 is 2.57 bits per heavy atom. The third-order valence-corrected chi connectivity index (χ3v) is 4.11. The van der Waals surface area contributed by atoms with Gasteiger partial charge in [0.25, 0.3) is 5.91 Å². The van der Waals surface area contributed by atoms with Gasteiger partial charge in [-0.2, -0.15) is 0 Å². The highest BCUT2D eigenvalue weighted by atomic mass is 35.5. The number of nitrogens with zero attached hydrogens (tertiary/aromatic N) is 2. The highest BCUT2D eigenvalue weighted by Crippen LogP contribution is 2.13. The molecule has 2 amide bonds. The quantitative estimate of drug-likeness (QED) is 0.540. The number of nitrogens with one attached hydrogen (secondary N) is 1. The molecular weight excluding hydrogens is 382 g/mol. The third-order valence-electron chi connectivity index (χ3n) is 3.89. The fourth-order valence-corrected chi connectivity index (χ4v) is 2.55. The normalized spacial score (nSPS) is 10.2. The maximum atomic E-state index is 12.4. The van der Waals surface area contributed by atoms with Crippen LogP contribution >= 0.6 is 11.6 Å². The van der Waals surface area contributed by atoms with Crippen molar-refractivity contribution >= 4 is 35.1 Å². The maximum Gasteiger partial charge on any atom is 0.340 e. The van der Waals surface area contributed by atoms with E-state index in [4.69, 9.17) is 16.3 Å². The van der Waals surface area contributed by atoms with Crippen LogP contribution in [0.5, 0.6) is 0 Å². The van der Waals surface area contributed by atoms with Crippen molar-refractivity contribution in [1.82, 2.24) is 9.88 Å². The highest BCUT2D eigenvalue weighted by Gasteiger charge is 2.19. The van der Waals surface area contributed by atoms with Gasteiger partial charge < -0.3 is 15.0 Å². The van der Waals surface area contributed by atoms with Crippen LogP contribution in [0.25, 0.3) is 0 Å². The van der Waals surface area contributed by atoms with Crippen LogP contribution in [0, 0.1) is 6.92 Å². The molecule has 1 N–H and O–H groups in total. The van der Waals surface area contributed by atoms with Crippen LogP contribution in [0.15, 0.2) is 42.6 Å². The van der Waals surface area contributed by atoms with Gasteiger partial charge in [-0.05, 0) is 37.1 Å². The van der Waals surface area contributed by atoms with Crippen molar-refractivity contribution in [3.05, 3.63) is 58.9 Å². The van der Waals surface area contributed by atoms with E-state index >= 15 is 0 Å². The maximum absolute atomic E-state index is 12.4. The largest absolute Gasteiger partial charge is 0.452 e. The molecule has 0 atom stereocenters. The van der Waals surface area contributed by atoms with Gasteiger partial charge in [0.05, 0.1) is 12.1 Å². The van der Waals surface area contributed by atoms with E-state index < -0.39 is 18.5 Å². The lowest BCUT2D eigenvalue weighted by atomic mass is 10.2. The summed E-state index contributed by atoms with van der Waals surface area (Å²) in [7, 11) is 0. The van der Waals surface area contributed by atoms with E-state index in [1.54, 1.807) is 6.07 Å². The molecule has 0 unspecified atom stereocenters. The lowest BCUT2D eigenvalue weighted by Gasteiger charge is -2.21. The van der Waals surface area contributed by atoms with Gasteiger partial charge in [-0.25, -0.2) is 9.78 Å². The number of amides is 2. The molecule has 0 aliphatic rings. The lowest BCUT2D eigenvalue weighted by molar-refractivity contribution is -0.137. The van der Waals surface area contributed by atoms with Crippen LogP contribution in [-0.2, 0) is 14.3 Å². The average molecular weight is 404 g/mol. The molecule has 1 heterocycles. The van der Waals surface area contributed by atoms with E-state index in [0.717, 1.165) is 5.56 Å². The summed E-state index contributed by atoms with van der Waals surface area (Å²) >= 11 is 5.67. The summed E-state index contributed by atoms with van der Waals surface area (Å²) in [6.45, 7) is 3.57. The summed E-state index contributed by atoms with van der Waals surface area (Å²) in [6, 6.07) is 10.3. The Kier molecular flexibility index (Phi) is 7.95. The van der Waals surface area contributed by atoms with E-state index in [9.17, 15) is 14.4 Å². The minimum atomic E-state index is -0.682. The molecule has 1 aromatic carbocycles. The summed E-state index contributed by atoms with van der Waals surface area (Å²) in [5, 5.41) is 3.04. The van der Waals surface area contributed by atoms with Gasteiger partial charge >= 0.3 is 5.97 Å². The van der Waals surface area contributed by atoms with E-state index in [-0.39, 0.29) is 23.2 Å². The number of ether oxygens (including phenoxy) is 1. The predicted octanol–water partition coefficient (Wildman–Crippen LogP) is 3.08. The van der Waals surface area contributed by atoms with E-state index in [1.807, 2.05) is 32.0 Å². The predicted molar refractivity (Wildman–Crippen MR) is 106 cm³/mol. The molecular formula is C20H22ClN3O4. The molecule has 0 radical (unpaired) electrons. The first-order chi connectivity index (χ1) is 13.4. The summed E-state index contributed by atoms with van der Waals surface area (Å²) in [5.41, 5.74) is 1.81. The number of aryl methyl sites for hydroxylation is 1. The van der Waals surface area contributed by atoms with Crippen LogP contribution in [0.2, 0.25) is 5.15 Å². The number of hydrogen-bond donors (Lipinski definition) is 1. The Hall–Kier alpha value is -2.93. The molecule has 2 rings (SSSR count). The first-order valence-corrected chi connectivity index (χ1v) is 9.20. The van der Waals surface area contributed by atoms with Gasteiger partial charge in [0.15, 0.2) is 6.61 Å². The minimum absolute atomic E-state index is 0.124. The van der Waals surface area contributed by atoms with Gasteiger partial charge in [0.2, 0.25) is 5.91 Å². The molecule has 148 valence electrons. The second-order valence-electron chi connectivity index (χ2n) is 6.12. The van der Waals surface area contributed by atoms with Crippen molar-refractivity contribution in [2.24, 2.45) is 0 Å². The number of carbonyl (C=O) groups is 3. The summed E-state index contributed by atoms with van der Waals surface area (Å²) in [4.78, 5) is 41.9. The van der Waals surface area contributed by atoms with Gasteiger partial charge in [-0.1, -0.05) is 36.7 Å². The highest BCUT2D eigenvalue weighted by molar-refractivity contribution is 6.29. The summed E-state index contributed by atoms with van der Waals surface area (Å²) in [5.74, 6) is -1.44. The molecule has 1 aromatic heterocycles. The first kappa shape index (κ1) is 21.4. The number of aromatic nitrogens is 1. The van der Waals surface area contributed by atoms with Crippen molar-refractivity contribution in [3.63, 3.8) is 0 Å². The second-order valence-corrected chi connectivity index (χ2v) is 6.51. The van der Waals surface area contributed by atoms with Crippen molar-refractivity contribution in [2.75, 3.05) is 25.0 Å². The molecule has 7 nitrogen and oxygen atoms in total. The molecule has 0 spiro atoms. The number of halogens is 1. The second kappa shape index (κ2) is 10.4. The molecule has 0 bridgehead atoms. The van der Waals surface area contributed by atoms with Gasteiger partial charge in [0.1, 0.15) is 5.15 Å². The first-order valence-electron chi connectivity index (χ1n) is 8.82. The van der Waals surface area contributed by atoms with E-state index in [2.05, 4.69) is 10.3 Å². The Balaban J connectivity index is 1.91. The Labute approximate surface area is 168 Å². The number of pyridine rings is 1. The van der Waals surface area contributed by atoms with Crippen molar-refractivity contribution in [1.29, 1.82) is 0 Å². The number of benzene rings is 1. The van der Waals surface area contributed by atoms with E-state index in [0.29, 0.717) is 18.7 Å². The standard InChI is InChI=1S/C20H22ClN3O4/c1-3-10-24(12-18(25)23-16-7-5-4-6-14(16)2)19(26)13-28-20(27)15-8-9-17(21)22-11-15/h4-9,11H,3,10,12-13H2,1-2H3,(H,23,25). The Bertz CT molecular complexity index is 840. The smallest absolute Gasteiger partial charge is 0.340 e. The zero-order chi connectivity index (χ0) is 20.5. The van der Waals surface area contributed by atoms with Gasteiger partial charge in [0, 0.05) is 18.4 Å². The summed E-state index contributed by atoms with van der Waals surface area (Å²) < 4.78 is 5.03. The monoisotopic (exact) mass is 403 g/mol. The molecule has 0 saturated heterocycles. The lowest BCUT2D eigenvalue weighted by Crippen LogP contribution is -2.40. The zero-order valence-corrected chi connectivity index (χ0v) is 16.5. The van der Waals surface area contributed by atoms with Gasteiger partial charge in [-0.3, -0.25) is 9.59 Å². The van der Waals surface area contributed by atoms with Gasteiger partial charge in [-0.15, -0.1) is 0 Å². The average Bonchev–Trinajstić information content (AvgIpc) is 2.68. The third kappa shape index (κ3) is 6.35. The van der Waals surface area contributed by atoms with Crippen molar-refractivity contribution in [2.45, 2.75) is 20.3 Å². The van der Waals surface area contributed by atoms with Crippen LogP contribution in [0.1, 0.15) is 29.3 Å². The molecule has 0 aliphatic heterocycles. The van der Waals surface area contributed by atoms with Crippen molar-refractivity contribution < 1.29 is 19.1 Å². The number of hydrogen-bond acceptors (Lipinski definition) is 5. The molecule has 8 heteroatoms. The number of rotatable bonds is 8. The molecule has 0 aliphatic carbocycles. The van der Waals surface area contributed by atoms with Crippen molar-refractivity contribution in [3.8, 4) is 0 Å². The van der Waals surface area contributed by atoms with E-state index in [1.165, 1.54) is 23.2 Å². The Morgan fingerprint density at radius 2 is 1.93 bits per heavy atom. The summed E-state index contributed by atoms with van der Waals surface area (Å²) in [6.07, 6.45) is 1.94. The molecule has 0 fully saturated rings. The number of esters is 1. The van der Waals surface area contributed by atoms with Crippen LogP contribution in [0.4, 0.5) is 5.69 Å². The fourth-order valence-electron chi connectivity index (χ4n) is 2.44. The number of carbonyl (C=O) groups excluding carboxylic acids is 3. The van der Waals surface area contributed by atoms with Crippen LogP contribution < -0.4 is 5.32 Å². The fraction of sp³-hybridized carbons (Fsp3) is 0.300. The van der Waals surface area contributed by atoms with Crippen LogP contribution in [-0.4, -0.2) is 47.4 Å². The molecule has 28 heavy (non-hydrogen) atoms. The zero-order valence-electron chi connectivity index (χ0n) is 15.8. The number of anilines is 1. The minimum Gasteiger partial charge on any atom is -0.452 e. The topological polar surface area (TPSA) is 88.6 Å².